The Labute approximate surface area is 190 Å². The number of halogens is 1. The summed E-state index contributed by atoms with van der Waals surface area (Å²) in [6.07, 6.45) is 6.60. The molecule has 4 heterocycles. The minimum Gasteiger partial charge on any atom is -0.444 e. The molecule has 0 N–H and O–H groups in total. The van der Waals surface area contributed by atoms with Crippen LogP contribution in [0, 0.1) is 12.9 Å². The highest BCUT2D eigenvalue weighted by molar-refractivity contribution is 5.75. The van der Waals surface area contributed by atoms with Gasteiger partial charge in [-0.15, -0.1) is 0 Å². The molecule has 4 rings (SSSR count). The lowest BCUT2D eigenvalue weighted by molar-refractivity contribution is 0.0204. The molecule has 1 amide bonds. The minimum atomic E-state index is -0.728. The Morgan fingerprint density at radius 1 is 1.09 bits per heavy atom. The Bertz CT molecular complexity index is 1250. The van der Waals surface area contributed by atoms with Crippen molar-refractivity contribution in [1.82, 2.24) is 29.4 Å². The van der Waals surface area contributed by atoms with E-state index in [2.05, 4.69) is 19.9 Å². The third-order valence-electron chi connectivity index (χ3n) is 5.76. The molecular formula is C23H27FN6O3. The Kier molecular flexibility index (Phi) is 6.09. The van der Waals surface area contributed by atoms with E-state index in [0.717, 1.165) is 5.56 Å². The molecule has 174 valence electrons. The largest absolute Gasteiger partial charge is 0.444 e. The summed E-state index contributed by atoms with van der Waals surface area (Å²) in [5.74, 6) is -0.796. The van der Waals surface area contributed by atoms with Crippen LogP contribution in [0.5, 0.6) is 0 Å². The van der Waals surface area contributed by atoms with Crippen molar-refractivity contribution in [3.8, 4) is 0 Å². The molecule has 3 aromatic rings. The van der Waals surface area contributed by atoms with Crippen LogP contribution in [0.1, 0.15) is 56.4 Å². The zero-order valence-corrected chi connectivity index (χ0v) is 19.2. The quantitative estimate of drug-likeness (QED) is 0.599. The van der Waals surface area contributed by atoms with E-state index < -0.39 is 11.5 Å². The number of aromatic nitrogens is 5. The number of hydrogen-bond acceptors (Lipinski definition) is 7. The van der Waals surface area contributed by atoms with Gasteiger partial charge in [-0.3, -0.25) is 19.3 Å². The van der Waals surface area contributed by atoms with Gasteiger partial charge in [0.25, 0.3) is 5.56 Å². The van der Waals surface area contributed by atoms with Gasteiger partial charge in [-0.25, -0.2) is 14.8 Å². The molecule has 1 aliphatic heterocycles. The fourth-order valence-electron chi connectivity index (χ4n) is 4.23. The molecular weight excluding hydrogens is 427 g/mol. The van der Waals surface area contributed by atoms with Crippen molar-refractivity contribution in [2.24, 2.45) is 0 Å². The van der Waals surface area contributed by atoms with Crippen molar-refractivity contribution in [2.45, 2.75) is 58.6 Å². The van der Waals surface area contributed by atoms with Crippen molar-refractivity contribution >= 4 is 17.3 Å². The molecule has 0 bridgehead atoms. The number of carbonyl (C=O) groups excluding carboxylic acids is 1. The van der Waals surface area contributed by atoms with E-state index in [1.807, 2.05) is 27.7 Å². The number of piperidine rings is 1. The van der Waals surface area contributed by atoms with Crippen molar-refractivity contribution in [3.63, 3.8) is 0 Å². The molecule has 10 heteroatoms. The smallest absolute Gasteiger partial charge is 0.410 e. The summed E-state index contributed by atoms with van der Waals surface area (Å²) in [5.41, 5.74) is 1.59. The van der Waals surface area contributed by atoms with Gasteiger partial charge in [0.1, 0.15) is 16.8 Å². The standard InChI is InChI=1S/C23H27FN6O3/c1-14-17(15-5-11-29(12-6-15)22(32)33-23(2,3)4)21(31)30(20-18(14)26-8-10-28-20)13-16-19(24)27-9-7-25-16/h7-10,15H,5-6,11-13H2,1-4H3. The van der Waals surface area contributed by atoms with Crippen LogP contribution in [0.2, 0.25) is 0 Å². The molecule has 0 aromatic carbocycles. The summed E-state index contributed by atoms with van der Waals surface area (Å²) in [5, 5.41) is 0. The lowest BCUT2D eigenvalue weighted by Crippen LogP contribution is -2.42. The lowest BCUT2D eigenvalue weighted by Gasteiger charge is -2.34. The Balaban J connectivity index is 1.69. The van der Waals surface area contributed by atoms with E-state index in [4.69, 9.17) is 4.74 Å². The maximum absolute atomic E-state index is 14.2. The third kappa shape index (κ3) is 4.69. The first-order valence-corrected chi connectivity index (χ1v) is 10.9. The van der Waals surface area contributed by atoms with Gasteiger partial charge in [0, 0.05) is 43.4 Å². The summed E-state index contributed by atoms with van der Waals surface area (Å²) < 4.78 is 21.1. The van der Waals surface area contributed by atoms with Gasteiger partial charge in [0.2, 0.25) is 5.95 Å². The number of fused-ring (bicyclic) bond motifs is 1. The van der Waals surface area contributed by atoms with Gasteiger partial charge in [0.15, 0.2) is 5.65 Å². The number of ether oxygens (including phenoxy) is 1. The van der Waals surface area contributed by atoms with Crippen LogP contribution in [0.4, 0.5) is 9.18 Å². The number of rotatable bonds is 3. The summed E-state index contributed by atoms with van der Waals surface area (Å²) >= 11 is 0. The molecule has 3 aromatic heterocycles. The number of amides is 1. The normalized spacial score (nSPS) is 15.1. The topological polar surface area (TPSA) is 103 Å². The van der Waals surface area contributed by atoms with Crippen molar-refractivity contribution in [1.29, 1.82) is 0 Å². The number of hydrogen-bond donors (Lipinski definition) is 0. The summed E-state index contributed by atoms with van der Waals surface area (Å²) in [4.78, 5) is 44.2. The van der Waals surface area contributed by atoms with Crippen LogP contribution >= 0.6 is 0 Å². The average Bonchev–Trinajstić information content (AvgIpc) is 2.77. The minimum absolute atomic E-state index is 0.0566. The molecule has 1 saturated heterocycles. The molecule has 0 unspecified atom stereocenters. The third-order valence-corrected chi connectivity index (χ3v) is 5.76. The first-order chi connectivity index (χ1) is 15.7. The number of aryl methyl sites for hydroxylation is 1. The first-order valence-electron chi connectivity index (χ1n) is 10.9. The molecule has 0 atom stereocenters. The maximum atomic E-state index is 14.2. The van der Waals surface area contributed by atoms with Crippen LogP contribution in [0.15, 0.2) is 29.6 Å². The summed E-state index contributed by atoms with van der Waals surface area (Å²) in [7, 11) is 0. The number of nitrogens with zero attached hydrogens (tertiary/aromatic N) is 6. The van der Waals surface area contributed by atoms with Crippen LogP contribution in [-0.4, -0.2) is 54.2 Å². The number of pyridine rings is 1. The Morgan fingerprint density at radius 2 is 1.73 bits per heavy atom. The van der Waals surface area contributed by atoms with Crippen LogP contribution in [0.3, 0.4) is 0 Å². The monoisotopic (exact) mass is 454 g/mol. The molecule has 33 heavy (non-hydrogen) atoms. The lowest BCUT2D eigenvalue weighted by atomic mass is 9.87. The van der Waals surface area contributed by atoms with Crippen molar-refractivity contribution in [3.05, 3.63) is 57.9 Å². The molecule has 9 nitrogen and oxygen atoms in total. The van der Waals surface area contributed by atoms with E-state index >= 15 is 0 Å². The zero-order valence-electron chi connectivity index (χ0n) is 19.2. The second-order valence-electron chi connectivity index (χ2n) is 9.19. The predicted molar refractivity (Wildman–Crippen MR) is 119 cm³/mol. The van der Waals surface area contributed by atoms with Crippen LogP contribution < -0.4 is 5.56 Å². The zero-order chi connectivity index (χ0) is 23.8. The fourth-order valence-corrected chi connectivity index (χ4v) is 4.23. The second kappa shape index (κ2) is 8.84. The van der Waals surface area contributed by atoms with Crippen molar-refractivity contribution in [2.75, 3.05) is 13.1 Å². The summed E-state index contributed by atoms with van der Waals surface area (Å²) in [6.45, 7) is 8.23. The highest BCUT2D eigenvalue weighted by Gasteiger charge is 2.31. The molecule has 0 saturated carbocycles. The predicted octanol–water partition coefficient (Wildman–Crippen LogP) is 3.19. The van der Waals surface area contributed by atoms with E-state index in [-0.39, 0.29) is 29.8 Å². The van der Waals surface area contributed by atoms with Crippen LogP contribution in [0.25, 0.3) is 11.2 Å². The Hall–Kier alpha value is -3.43. The van der Waals surface area contributed by atoms with E-state index in [1.54, 1.807) is 11.1 Å². The first kappa shape index (κ1) is 22.8. The van der Waals surface area contributed by atoms with E-state index in [9.17, 15) is 14.0 Å². The van der Waals surface area contributed by atoms with Gasteiger partial charge in [-0.1, -0.05) is 0 Å². The average molecular weight is 455 g/mol. The van der Waals surface area contributed by atoms with E-state index in [1.165, 1.54) is 23.2 Å². The van der Waals surface area contributed by atoms with Crippen LogP contribution in [-0.2, 0) is 11.3 Å². The maximum Gasteiger partial charge on any atom is 0.410 e. The number of likely N-dealkylation sites (tertiary alicyclic amines) is 1. The highest BCUT2D eigenvalue weighted by atomic mass is 19.1. The molecule has 1 aliphatic rings. The molecule has 1 fully saturated rings. The number of carbonyl (C=O) groups is 1. The molecule has 0 aliphatic carbocycles. The Morgan fingerprint density at radius 3 is 2.39 bits per heavy atom. The second-order valence-corrected chi connectivity index (χ2v) is 9.19. The molecule has 0 spiro atoms. The molecule has 0 radical (unpaired) electrons. The highest BCUT2D eigenvalue weighted by Crippen LogP contribution is 2.31. The van der Waals surface area contributed by atoms with Gasteiger partial charge < -0.3 is 9.64 Å². The fraction of sp³-hybridized carbons (Fsp3) is 0.478. The summed E-state index contributed by atoms with van der Waals surface area (Å²) in [6, 6.07) is 0. The van der Waals surface area contributed by atoms with Crippen molar-refractivity contribution < 1.29 is 13.9 Å². The van der Waals surface area contributed by atoms with Gasteiger partial charge >= 0.3 is 6.09 Å². The van der Waals surface area contributed by atoms with Gasteiger partial charge in [-0.05, 0) is 52.0 Å². The van der Waals surface area contributed by atoms with Gasteiger partial charge in [-0.2, -0.15) is 4.39 Å². The SMILES string of the molecule is Cc1c(C2CCN(C(=O)OC(C)(C)C)CC2)c(=O)n(Cc2nccnc2F)c2nccnc12. The van der Waals surface area contributed by atoms with Gasteiger partial charge in [0.05, 0.1) is 6.54 Å². The van der Waals surface area contributed by atoms with E-state index in [0.29, 0.717) is 42.7 Å².